The number of alkyl halides is 3. The molecule has 0 radical (unpaired) electrons. The summed E-state index contributed by atoms with van der Waals surface area (Å²) in [4.78, 5) is 21.2. The molecule has 2 aromatic carbocycles. The number of benzene rings is 2. The van der Waals surface area contributed by atoms with Crippen LogP contribution in [-0.4, -0.2) is 27.1 Å². The van der Waals surface area contributed by atoms with Gasteiger partial charge in [-0.1, -0.05) is 36.4 Å². The van der Waals surface area contributed by atoms with Crippen LogP contribution in [0.15, 0.2) is 72.9 Å². The summed E-state index contributed by atoms with van der Waals surface area (Å²) < 4.78 is 40.4. The largest absolute Gasteiger partial charge is 0.416 e. The Morgan fingerprint density at radius 1 is 1.00 bits per heavy atom. The Labute approximate surface area is 175 Å². The summed E-state index contributed by atoms with van der Waals surface area (Å²) in [5.74, 6) is 0.717. The minimum absolute atomic E-state index is 0.0621. The molecule has 2 amide bonds. The minimum Gasteiger partial charge on any atom is -0.336 e. The van der Waals surface area contributed by atoms with Crippen LogP contribution < -0.4 is 10.6 Å². The van der Waals surface area contributed by atoms with Crippen LogP contribution in [0.4, 0.5) is 23.7 Å². The number of pyridine rings is 1. The van der Waals surface area contributed by atoms with E-state index in [9.17, 15) is 18.0 Å². The number of fused-ring (bicyclic) bond motifs is 1. The van der Waals surface area contributed by atoms with Gasteiger partial charge in [-0.15, -0.1) is 0 Å². The Morgan fingerprint density at radius 2 is 1.81 bits per heavy atom. The second-order valence-corrected chi connectivity index (χ2v) is 6.76. The van der Waals surface area contributed by atoms with Crippen molar-refractivity contribution in [2.45, 2.75) is 12.7 Å². The molecule has 0 aliphatic heterocycles. The molecule has 2 aromatic heterocycles. The van der Waals surface area contributed by atoms with Crippen LogP contribution in [0, 0.1) is 0 Å². The van der Waals surface area contributed by atoms with Crippen LogP contribution in [0.2, 0.25) is 0 Å². The van der Waals surface area contributed by atoms with Gasteiger partial charge in [-0.2, -0.15) is 13.2 Å². The van der Waals surface area contributed by atoms with Crippen molar-refractivity contribution in [3.63, 3.8) is 0 Å². The van der Waals surface area contributed by atoms with E-state index in [1.165, 1.54) is 12.1 Å². The molecular formula is C22H18F3N5O. The van der Waals surface area contributed by atoms with E-state index in [0.717, 1.165) is 29.0 Å². The first-order valence-electron chi connectivity index (χ1n) is 9.50. The highest BCUT2D eigenvalue weighted by atomic mass is 19.4. The summed E-state index contributed by atoms with van der Waals surface area (Å²) >= 11 is 0. The van der Waals surface area contributed by atoms with Gasteiger partial charge < -0.3 is 15.2 Å². The normalized spacial score (nSPS) is 11.5. The SMILES string of the molecule is O=C(NCCn1c(-c2ccccc2)nc2cccnc21)Nc1cccc(C(F)(F)F)c1. The van der Waals surface area contributed by atoms with Crippen molar-refractivity contribution in [2.24, 2.45) is 0 Å². The molecule has 9 heteroatoms. The molecule has 0 saturated heterocycles. The lowest BCUT2D eigenvalue weighted by molar-refractivity contribution is -0.137. The number of nitrogens with one attached hydrogen (secondary N) is 2. The van der Waals surface area contributed by atoms with Gasteiger partial charge >= 0.3 is 12.2 Å². The molecule has 0 saturated carbocycles. The Morgan fingerprint density at radius 3 is 2.58 bits per heavy atom. The molecule has 0 bridgehead atoms. The minimum atomic E-state index is -4.47. The Hall–Kier alpha value is -3.88. The first kappa shape index (κ1) is 20.4. The monoisotopic (exact) mass is 425 g/mol. The van der Waals surface area contributed by atoms with Crippen LogP contribution in [-0.2, 0) is 12.7 Å². The Balaban J connectivity index is 1.46. The average Bonchev–Trinajstić information content (AvgIpc) is 3.13. The Bertz CT molecular complexity index is 1200. The highest BCUT2D eigenvalue weighted by Crippen LogP contribution is 2.30. The van der Waals surface area contributed by atoms with E-state index >= 15 is 0 Å². The molecule has 6 nitrogen and oxygen atoms in total. The molecule has 4 rings (SSSR count). The molecular weight excluding hydrogens is 407 g/mol. The lowest BCUT2D eigenvalue weighted by Crippen LogP contribution is -2.31. The third-order valence-corrected chi connectivity index (χ3v) is 4.60. The zero-order valence-corrected chi connectivity index (χ0v) is 16.2. The topological polar surface area (TPSA) is 71.8 Å². The van der Waals surface area contributed by atoms with Crippen molar-refractivity contribution < 1.29 is 18.0 Å². The van der Waals surface area contributed by atoms with Crippen LogP contribution in [0.5, 0.6) is 0 Å². The zero-order chi connectivity index (χ0) is 21.8. The summed E-state index contributed by atoms with van der Waals surface area (Å²) in [6, 6.07) is 17.1. The van der Waals surface area contributed by atoms with Crippen molar-refractivity contribution in [3.8, 4) is 11.4 Å². The van der Waals surface area contributed by atoms with E-state index in [0.29, 0.717) is 12.2 Å². The fourth-order valence-corrected chi connectivity index (χ4v) is 3.21. The third-order valence-electron chi connectivity index (χ3n) is 4.60. The summed E-state index contributed by atoms with van der Waals surface area (Å²) in [5, 5.41) is 5.09. The molecule has 158 valence electrons. The number of rotatable bonds is 5. The maximum absolute atomic E-state index is 12.8. The molecule has 0 aliphatic rings. The van der Waals surface area contributed by atoms with Gasteiger partial charge in [0.25, 0.3) is 0 Å². The number of carbonyl (C=O) groups is 1. The van der Waals surface area contributed by atoms with Crippen LogP contribution in [0.3, 0.4) is 0 Å². The highest BCUT2D eigenvalue weighted by Gasteiger charge is 2.30. The van der Waals surface area contributed by atoms with Crippen molar-refractivity contribution in [3.05, 3.63) is 78.5 Å². The number of anilines is 1. The quantitative estimate of drug-likeness (QED) is 0.476. The molecule has 4 aromatic rings. The fourth-order valence-electron chi connectivity index (χ4n) is 3.21. The van der Waals surface area contributed by atoms with Crippen LogP contribution in [0.1, 0.15) is 5.56 Å². The van der Waals surface area contributed by atoms with Gasteiger partial charge in [0.2, 0.25) is 0 Å². The van der Waals surface area contributed by atoms with Crippen molar-refractivity contribution in [1.29, 1.82) is 0 Å². The number of urea groups is 1. The average molecular weight is 425 g/mol. The highest BCUT2D eigenvalue weighted by molar-refractivity contribution is 5.89. The third kappa shape index (κ3) is 4.66. The van der Waals surface area contributed by atoms with Gasteiger partial charge in [-0.05, 0) is 30.3 Å². The molecule has 0 unspecified atom stereocenters. The number of halogens is 3. The summed E-state index contributed by atoms with van der Waals surface area (Å²) in [6.07, 6.45) is -2.81. The number of amides is 2. The maximum atomic E-state index is 12.8. The summed E-state index contributed by atoms with van der Waals surface area (Å²) in [5.41, 5.74) is 1.56. The first-order chi connectivity index (χ1) is 14.9. The molecule has 0 aliphatic carbocycles. The molecule has 31 heavy (non-hydrogen) atoms. The number of hydrogen-bond acceptors (Lipinski definition) is 3. The standard InChI is InChI=1S/C22H18F3N5O/c23-22(24,25)16-8-4-9-17(14-16)28-21(31)27-12-13-30-19(15-6-2-1-3-7-15)29-18-10-5-11-26-20(18)30/h1-11,14H,12-13H2,(H2,27,28,31). The number of imidazole rings is 1. The van der Waals surface area contributed by atoms with E-state index in [4.69, 9.17) is 0 Å². The van der Waals surface area contributed by atoms with E-state index < -0.39 is 17.8 Å². The van der Waals surface area contributed by atoms with Gasteiger partial charge in [0.05, 0.1) is 5.56 Å². The number of aromatic nitrogens is 3. The fraction of sp³-hybridized carbons (Fsp3) is 0.136. The van der Waals surface area contributed by atoms with Crippen molar-refractivity contribution >= 4 is 22.9 Å². The van der Waals surface area contributed by atoms with Gasteiger partial charge in [0.15, 0.2) is 5.65 Å². The number of nitrogens with zero attached hydrogens (tertiary/aromatic N) is 3. The van der Waals surface area contributed by atoms with Crippen molar-refractivity contribution in [1.82, 2.24) is 19.9 Å². The second-order valence-electron chi connectivity index (χ2n) is 6.76. The van der Waals surface area contributed by atoms with E-state index in [2.05, 4.69) is 20.6 Å². The lowest BCUT2D eigenvalue weighted by Gasteiger charge is -2.12. The van der Waals surface area contributed by atoms with Gasteiger partial charge in [-0.25, -0.2) is 14.8 Å². The molecule has 0 fully saturated rings. The van der Waals surface area contributed by atoms with Gasteiger partial charge in [-0.3, -0.25) is 0 Å². The van der Waals surface area contributed by atoms with Crippen LogP contribution >= 0.6 is 0 Å². The maximum Gasteiger partial charge on any atom is 0.416 e. The van der Waals surface area contributed by atoms with Gasteiger partial charge in [0.1, 0.15) is 11.3 Å². The number of carbonyl (C=O) groups excluding carboxylic acids is 1. The van der Waals surface area contributed by atoms with E-state index in [1.807, 2.05) is 41.0 Å². The molecule has 0 atom stereocenters. The molecule has 2 N–H and O–H groups in total. The molecule has 0 spiro atoms. The van der Waals surface area contributed by atoms with E-state index in [-0.39, 0.29) is 12.2 Å². The van der Waals surface area contributed by atoms with E-state index in [1.54, 1.807) is 12.3 Å². The van der Waals surface area contributed by atoms with Gasteiger partial charge in [0, 0.05) is 30.5 Å². The molecule has 2 heterocycles. The lowest BCUT2D eigenvalue weighted by atomic mass is 10.2. The Kier molecular flexibility index (Phi) is 5.57. The summed E-state index contributed by atoms with van der Waals surface area (Å²) in [7, 11) is 0. The smallest absolute Gasteiger partial charge is 0.336 e. The predicted molar refractivity (Wildman–Crippen MR) is 111 cm³/mol. The second kappa shape index (κ2) is 8.47. The van der Waals surface area contributed by atoms with Crippen molar-refractivity contribution in [2.75, 3.05) is 11.9 Å². The first-order valence-corrected chi connectivity index (χ1v) is 9.50. The zero-order valence-electron chi connectivity index (χ0n) is 16.2. The van der Waals surface area contributed by atoms with Crippen LogP contribution in [0.25, 0.3) is 22.6 Å². The number of hydrogen-bond donors (Lipinski definition) is 2. The predicted octanol–water partition coefficient (Wildman–Crippen LogP) is 4.94. The summed E-state index contributed by atoms with van der Waals surface area (Å²) in [6.45, 7) is 0.612.